The highest BCUT2D eigenvalue weighted by Gasteiger charge is 2.13. The molecule has 2 aromatic carbocycles. The van der Waals surface area contributed by atoms with Crippen molar-refractivity contribution in [2.75, 3.05) is 5.32 Å². The fourth-order valence-corrected chi connectivity index (χ4v) is 3.42. The van der Waals surface area contributed by atoms with Crippen LogP contribution in [0, 0.1) is 0 Å². The average molecular weight is 452 g/mol. The minimum absolute atomic E-state index is 0.142. The number of rotatable bonds is 6. The minimum atomic E-state index is -0.440. The van der Waals surface area contributed by atoms with Gasteiger partial charge in [0.25, 0.3) is 5.91 Å². The summed E-state index contributed by atoms with van der Waals surface area (Å²) in [6.07, 6.45) is 7.45. The number of aromatic nitrogens is 6. The first kappa shape index (κ1) is 20.7. The number of nitrogens with two attached hydrogens (primary N) is 2. The van der Waals surface area contributed by atoms with Crippen molar-refractivity contribution in [3.8, 4) is 11.4 Å². The molecule has 0 saturated heterocycles. The number of imidazole rings is 1. The summed E-state index contributed by atoms with van der Waals surface area (Å²) in [5, 5.41) is 13.9. The predicted octanol–water partition coefficient (Wildman–Crippen LogP) is 2.64. The monoisotopic (exact) mass is 452 g/mol. The molecule has 0 atom stereocenters. The molecule has 8 N–H and O–H groups in total. The van der Waals surface area contributed by atoms with Gasteiger partial charge in [-0.25, -0.2) is 15.0 Å². The predicted molar refractivity (Wildman–Crippen MR) is 130 cm³/mol. The van der Waals surface area contributed by atoms with Crippen LogP contribution in [0.2, 0.25) is 0 Å². The number of hydrogen-bond acceptors (Lipinski definition) is 8. The zero-order chi connectivity index (χ0) is 23.5. The Kier molecular flexibility index (Phi) is 5.32. The third kappa shape index (κ3) is 4.12. The van der Waals surface area contributed by atoms with E-state index in [1.807, 2.05) is 30.3 Å². The number of allylic oxidation sites excluding steroid dienone is 1. The Labute approximate surface area is 193 Å². The maximum Gasteiger partial charge on any atom is 0.291 e. The van der Waals surface area contributed by atoms with Gasteiger partial charge in [0.2, 0.25) is 0 Å². The minimum Gasteiger partial charge on any atom is -0.405 e. The molecule has 5 aromatic rings. The first-order valence-electron chi connectivity index (χ1n) is 10.3. The molecule has 0 spiro atoms. The molecular weight excluding hydrogens is 432 g/mol. The molecule has 168 valence electrons. The van der Waals surface area contributed by atoms with Gasteiger partial charge in [-0.3, -0.25) is 9.89 Å². The van der Waals surface area contributed by atoms with Crippen LogP contribution in [-0.2, 0) is 0 Å². The molecule has 1 amide bonds. The van der Waals surface area contributed by atoms with E-state index in [-0.39, 0.29) is 5.82 Å². The largest absolute Gasteiger partial charge is 0.405 e. The topological polar surface area (TPSA) is 176 Å². The number of nitrogens with zero attached hydrogens (tertiary/aromatic N) is 4. The summed E-state index contributed by atoms with van der Waals surface area (Å²) in [7, 11) is 0. The van der Waals surface area contributed by atoms with Crippen LogP contribution in [0.5, 0.6) is 0 Å². The van der Waals surface area contributed by atoms with E-state index in [0.717, 1.165) is 22.2 Å². The second kappa shape index (κ2) is 8.74. The van der Waals surface area contributed by atoms with E-state index >= 15 is 0 Å². The van der Waals surface area contributed by atoms with Crippen molar-refractivity contribution in [3.63, 3.8) is 0 Å². The van der Waals surface area contributed by atoms with E-state index in [0.29, 0.717) is 28.4 Å². The van der Waals surface area contributed by atoms with Crippen molar-refractivity contribution in [1.82, 2.24) is 35.5 Å². The summed E-state index contributed by atoms with van der Waals surface area (Å²) in [5.74, 6) is 0.873. The van der Waals surface area contributed by atoms with Gasteiger partial charge in [-0.15, -0.1) is 0 Å². The van der Waals surface area contributed by atoms with E-state index in [4.69, 9.17) is 11.5 Å². The molecule has 0 fully saturated rings. The van der Waals surface area contributed by atoms with Crippen molar-refractivity contribution in [1.29, 1.82) is 0 Å². The zero-order valence-electron chi connectivity index (χ0n) is 17.8. The maximum absolute atomic E-state index is 12.5. The van der Waals surface area contributed by atoms with Gasteiger partial charge in [-0.05, 0) is 54.7 Å². The van der Waals surface area contributed by atoms with E-state index in [2.05, 4.69) is 40.8 Å². The lowest BCUT2D eigenvalue weighted by atomic mass is 10.2. The molecule has 0 radical (unpaired) electrons. The van der Waals surface area contributed by atoms with Gasteiger partial charge in [0.05, 0.1) is 28.4 Å². The van der Waals surface area contributed by atoms with E-state index in [9.17, 15) is 4.79 Å². The van der Waals surface area contributed by atoms with Crippen LogP contribution in [-0.4, -0.2) is 36.0 Å². The number of carbonyl (C=O) groups is 1. The lowest BCUT2D eigenvalue weighted by Crippen LogP contribution is -2.24. The zero-order valence-corrected chi connectivity index (χ0v) is 17.8. The Balaban J connectivity index is 1.39. The average Bonchev–Trinajstić information content (AvgIpc) is 3.50. The van der Waals surface area contributed by atoms with Gasteiger partial charge in [-0.1, -0.05) is 0 Å². The summed E-state index contributed by atoms with van der Waals surface area (Å²) in [5.41, 5.74) is 15.1. The van der Waals surface area contributed by atoms with E-state index < -0.39 is 5.91 Å². The van der Waals surface area contributed by atoms with Crippen LogP contribution in [0.15, 0.2) is 79.0 Å². The van der Waals surface area contributed by atoms with E-state index in [1.54, 1.807) is 24.5 Å². The lowest BCUT2D eigenvalue weighted by molar-refractivity contribution is 0.0958. The molecule has 0 aliphatic carbocycles. The van der Waals surface area contributed by atoms with Crippen molar-refractivity contribution >= 4 is 39.3 Å². The lowest BCUT2D eigenvalue weighted by Gasteiger charge is -2.07. The number of amides is 1. The quantitative estimate of drug-likeness (QED) is 0.213. The van der Waals surface area contributed by atoms with Crippen LogP contribution in [0.4, 0.5) is 11.5 Å². The molecule has 0 unspecified atom stereocenters. The molecule has 0 aliphatic heterocycles. The Bertz CT molecular complexity index is 1560. The highest BCUT2D eigenvalue weighted by Crippen LogP contribution is 2.24. The van der Waals surface area contributed by atoms with Crippen molar-refractivity contribution in [2.24, 2.45) is 11.5 Å². The van der Waals surface area contributed by atoms with E-state index in [1.165, 1.54) is 18.5 Å². The van der Waals surface area contributed by atoms with Crippen LogP contribution in [0.3, 0.4) is 0 Å². The number of nitrogens with one attached hydrogen (secondary N) is 4. The summed E-state index contributed by atoms with van der Waals surface area (Å²) >= 11 is 0. The van der Waals surface area contributed by atoms with Crippen molar-refractivity contribution < 1.29 is 4.79 Å². The molecule has 11 nitrogen and oxygen atoms in total. The fourth-order valence-electron chi connectivity index (χ4n) is 3.42. The number of benzene rings is 2. The van der Waals surface area contributed by atoms with Crippen LogP contribution in [0.25, 0.3) is 33.3 Å². The molecule has 34 heavy (non-hydrogen) atoms. The molecule has 11 heteroatoms. The van der Waals surface area contributed by atoms with Crippen LogP contribution in [0.1, 0.15) is 10.6 Å². The number of aromatic amines is 2. The SMILES string of the molecule is N/C=C\C(=C/N)NC(=O)c1nc2ccc(-c3nccc(Nc4ccc5[nH]ncc5c4)n3)cc2[nH]1. The number of anilines is 2. The Hall–Kier alpha value is -5.19. The smallest absolute Gasteiger partial charge is 0.291 e. The molecule has 0 saturated carbocycles. The number of H-pyrrole nitrogens is 2. The molecule has 5 rings (SSSR count). The highest BCUT2D eigenvalue weighted by atomic mass is 16.2. The molecule has 0 aliphatic rings. The first-order valence-corrected chi connectivity index (χ1v) is 10.3. The Morgan fingerprint density at radius 3 is 2.79 bits per heavy atom. The fraction of sp³-hybridized carbons (Fsp3) is 0. The first-order chi connectivity index (χ1) is 16.6. The van der Waals surface area contributed by atoms with Gasteiger partial charge in [0.1, 0.15) is 5.82 Å². The molecule has 3 aromatic heterocycles. The van der Waals surface area contributed by atoms with Gasteiger partial charge in [-0.2, -0.15) is 5.10 Å². The van der Waals surface area contributed by atoms with Crippen LogP contribution < -0.4 is 22.1 Å². The number of fused-ring (bicyclic) bond motifs is 2. The van der Waals surface area contributed by atoms with Crippen molar-refractivity contribution in [2.45, 2.75) is 0 Å². The van der Waals surface area contributed by atoms with Gasteiger partial charge < -0.3 is 27.1 Å². The number of hydrogen-bond donors (Lipinski definition) is 6. The van der Waals surface area contributed by atoms with Gasteiger partial charge >= 0.3 is 0 Å². The molecule has 3 heterocycles. The normalized spacial score (nSPS) is 11.9. The Morgan fingerprint density at radius 1 is 1.03 bits per heavy atom. The summed E-state index contributed by atoms with van der Waals surface area (Å²) < 4.78 is 0. The summed E-state index contributed by atoms with van der Waals surface area (Å²) in [6.45, 7) is 0. The molecular formula is C23H20N10O. The summed E-state index contributed by atoms with van der Waals surface area (Å²) in [6, 6.07) is 13.2. The van der Waals surface area contributed by atoms with Gasteiger partial charge in [0.15, 0.2) is 11.6 Å². The van der Waals surface area contributed by atoms with Crippen molar-refractivity contribution in [3.05, 3.63) is 84.9 Å². The second-order valence-electron chi connectivity index (χ2n) is 7.32. The second-order valence-corrected chi connectivity index (χ2v) is 7.32. The standard InChI is InChI=1S/C23H20N10O/c24-7-5-16(11-25)29-23(34)22-30-18-3-1-13(10-19(18)31-22)21-26-8-6-20(32-21)28-15-2-4-17-14(9-15)12-27-33-17/h1-12H,24-25H2,(H,27,33)(H,29,34)(H,30,31)(H,26,28,32)/b7-5-,16-11+. The Morgan fingerprint density at radius 2 is 1.94 bits per heavy atom. The summed E-state index contributed by atoms with van der Waals surface area (Å²) in [4.78, 5) is 28.9. The third-order valence-corrected chi connectivity index (χ3v) is 5.04. The van der Waals surface area contributed by atoms with Gasteiger partial charge in [0, 0.05) is 29.0 Å². The maximum atomic E-state index is 12.5. The highest BCUT2D eigenvalue weighted by molar-refractivity contribution is 5.96. The number of carbonyl (C=O) groups excluding carboxylic acids is 1. The third-order valence-electron chi connectivity index (χ3n) is 5.04. The molecule has 0 bridgehead atoms. The van der Waals surface area contributed by atoms with Crippen LogP contribution >= 0.6 is 0 Å².